The first-order valence-electron chi connectivity index (χ1n) is 13.3. The molecular weight excluding hydrogens is 664 g/mol. The Bertz CT molecular complexity index is 1980. The van der Waals surface area contributed by atoms with Gasteiger partial charge in [0.25, 0.3) is 17.7 Å². The molecule has 2 atom stereocenters. The Balaban J connectivity index is 1.32. The first-order valence-corrected chi connectivity index (χ1v) is 15.2. The number of anilines is 1. The first-order chi connectivity index (χ1) is 22.1. The maximum atomic E-state index is 13.2. The zero-order valence-electron chi connectivity index (χ0n) is 24.2. The smallest absolute Gasteiger partial charge is 0.352 e. The molecule has 3 aromatic rings. The SMILES string of the molecule is CC(C)(ON=C(C(=O)NC1C(=O)N2C(C(=O)O)=C(CNC(=O)c3cc4ccc(O)c(O)c4oc3=O)CS[C@@H]12)c1csc(N)n1)C(=O)O. The van der Waals surface area contributed by atoms with Crippen LogP contribution in [0.2, 0.25) is 0 Å². The van der Waals surface area contributed by atoms with Crippen molar-refractivity contribution in [1.29, 1.82) is 0 Å². The van der Waals surface area contributed by atoms with Crippen LogP contribution in [0.1, 0.15) is 29.9 Å². The van der Waals surface area contributed by atoms with Crippen LogP contribution in [0.5, 0.6) is 11.5 Å². The zero-order valence-corrected chi connectivity index (χ0v) is 25.8. The molecule has 1 saturated heterocycles. The lowest BCUT2D eigenvalue weighted by Gasteiger charge is -2.49. The first kappa shape index (κ1) is 32.8. The van der Waals surface area contributed by atoms with Crippen molar-refractivity contribution < 1.29 is 53.7 Å². The molecule has 0 aliphatic carbocycles. The van der Waals surface area contributed by atoms with Gasteiger partial charge in [-0.15, -0.1) is 23.1 Å². The van der Waals surface area contributed by atoms with E-state index in [-0.39, 0.29) is 39.7 Å². The summed E-state index contributed by atoms with van der Waals surface area (Å²) >= 11 is 2.06. The van der Waals surface area contributed by atoms with E-state index in [1.165, 1.54) is 25.3 Å². The number of phenolic OH excluding ortho intramolecular Hbond substituents is 2. The fraction of sp³-hybridized carbons (Fsp3) is 0.259. The number of carbonyl (C=O) groups excluding carboxylic acids is 3. The number of nitrogens with one attached hydrogen (secondary N) is 2. The fourth-order valence-corrected chi connectivity index (χ4v) is 6.32. The van der Waals surface area contributed by atoms with Crippen LogP contribution in [0, 0.1) is 0 Å². The Morgan fingerprint density at radius 3 is 2.57 bits per heavy atom. The van der Waals surface area contributed by atoms with Crippen molar-refractivity contribution >= 4 is 74.6 Å². The number of oxime groups is 1. The van der Waals surface area contributed by atoms with Crippen molar-refractivity contribution in [3.05, 3.63) is 56.5 Å². The molecule has 1 aromatic carbocycles. The third kappa shape index (κ3) is 6.14. The van der Waals surface area contributed by atoms with Gasteiger partial charge in [-0.05, 0) is 37.6 Å². The van der Waals surface area contributed by atoms with E-state index in [4.69, 9.17) is 15.0 Å². The number of aliphatic carboxylic acids is 2. The van der Waals surface area contributed by atoms with Crippen molar-refractivity contribution in [2.75, 3.05) is 18.0 Å². The summed E-state index contributed by atoms with van der Waals surface area (Å²) in [7, 11) is 0. The van der Waals surface area contributed by atoms with E-state index in [1.807, 2.05) is 0 Å². The molecule has 18 nitrogen and oxygen atoms in total. The van der Waals surface area contributed by atoms with Crippen molar-refractivity contribution in [3.8, 4) is 11.5 Å². The molecule has 4 heterocycles. The summed E-state index contributed by atoms with van der Waals surface area (Å²) in [6, 6.07) is 2.35. The van der Waals surface area contributed by atoms with Crippen LogP contribution in [0.4, 0.5) is 5.13 Å². The number of benzene rings is 1. The summed E-state index contributed by atoms with van der Waals surface area (Å²) in [5.41, 5.74) is 1.10. The minimum Gasteiger partial charge on any atom is -0.504 e. The molecule has 2 aliphatic heterocycles. The van der Waals surface area contributed by atoms with E-state index in [2.05, 4.69) is 20.8 Å². The van der Waals surface area contributed by atoms with Crippen LogP contribution in [-0.4, -0.2) is 95.0 Å². The van der Waals surface area contributed by atoms with E-state index in [0.29, 0.717) is 0 Å². The number of carbonyl (C=O) groups is 5. The number of hydrogen-bond donors (Lipinski definition) is 7. The van der Waals surface area contributed by atoms with Gasteiger partial charge in [-0.3, -0.25) is 19.3 Å². The molecule has 47 heavy (non-hydrogen) atoms. The number of thiazole rings is 1. The molecule has 0 spiro atoms. The molecule has 5 rings (SSSR count). The minimum atomic E-state index is -1.83. The summed E-state index contributed by atoms with van der Waals surface area (Å²) < 4.78 is 4.99. The Labute approximate surface area is 270 Å². The van der Waals surface area contributed by atoms with Gasteiger partial charge in [0, 0.05) is 23.1 Å². The number of fused-ring (bicyclic) bond motifs is 2. The summed E-state index contributed by atoms with van der Waals surface area (Å²) in [5.74, 6) is -6.76. The van der Waals surface area contributed by atoms with Crippen LogP contribution in [-0.2, 0) is 24.0 Å². The second-order valence-electron chi connectivity index (χ2n) is 10.5. The largest absolute Gasteiger partial charge is 0.504 e. The number of β-lactam (4-membered cyclic amide) rings is 1. The van der Waals surface area contributed by atoms with E-state index in [0.717, 1.165) is 40.1 Å². The Hall–Kier alpha value is -5.63. The monoisotopic (exact) mass is 688 g/mol. The van der Waals surface area contributed by atoms with Gasteiger partial charge in [0.05, 0.1) is 0 Å². The number of rotatable bonds is 10. The number of nitrogens with two attached hydrogens (primary N) is 1. The summed E-state index contributed by atoms with van der Waals surface area (Å²) in [6.07, 6.45) is 0. The third-order valence-corrected chi connectivity index (χ3v) is 8.97. The molecule has 2 aliphatic rings. The van der Waals surface area contributed by atoms with Crippen LogP contribution in [0.3, 0.4) is 0 Å². The van der Waals surface area contributed by atoms with Gasteiger partial charge in [-0.2, -0.15) is 0 Å². The number of nitrogen functional groups attached to an aromatic ring is 1. The van der Waals surface area contributed by atoms with Gasteiger partial charge in [0.2, 0.25) is 11.4 Å². The minimum absolute atomic E-state index is 0.00167. The highest BCUT2D eigenvalue weighted by molar-refractivity contribution is 8.00. The summed E-state index contributed by atoms with van der Waals surface area (Å²) in [6.45, 7) is 2.02. The second-order valence-corrected chi connectivity index (χ2v) is 12.5. The summed E-state index contributed by atoms with van der Waals surface area (Å²) in [4.78, 5) is 85.4. The molecular formula is C27H24N6O12S2. The fourth-order valence-electron chi connectivity index (χ4n) is 4.43. The van der Waals surface area contributed by atoms with Crippen LogP contribution < -0.4 is 22.0 Å². The van der Waals surface area contributed by atoms with Gasteiger partial charge in [-0.1, -0.05) is 5.16 Å². The topological polar surface area (TPSA) is 284 Å². The number of thioether (sulfide) groups is 1. The van der Waals surface area contributed by atoms with E-state index >= 15 is 0 Å². The number of hydrogen-bond acceptors (Lipinski definition) is 15. The predicted molar refractivity (Wildman–Crippen MR) is 164 cm³/mol. The maximum absolute atomic E-state index is 13.2. The van der Waals surface area contributed by atoms with Crippen LogP contribution >= 0.6 is 23.1 Å². The number of phenols is 2. The van der Waals surface area contributed by atoms with Gasteiger partial charge in [0.1, 0.15) is 28.4 Å². The Kier molecular flexibility index (Phi) is 8.56. The molecule has 246 valence electrons. The molecule has 0 bridgehead atoms. The number of nitrogens with zero attached hydrogens (tertiary/aromatic N) is 3. The van der Waals surface area contributed by atoms with Gasteiger partial charge >= 0.3 is 17.6 Å². The molecule has 8 N–H and O–H groups in total. The highest BCUT2D eigenvalue weighted by Crippen LogP contribution is 2.40. The Morgan fingerprint density at radius 1 is 1.21 bits per heavy atom. The number of carboxylic acids is 2. The number of amides is 3. The molecule has 2 aromatic heterocycles. The van der Waals surface area contributed by atoms with Crippen LogP contribution in [0.25, 0.3) is 11.0 Å². The van der Waals surface area contributed by atoms with Gasteiger partial charge in [-0.25, -0.2) is 19.4 Å². The van der Waals surface area contributed by atoms with E-state index < -0.39 is 80.8 Å². The maximum Gasteiger partial charge on any atom is 0.352 e. The Morgan fingerprint density at radius 2 is 1.94 bits per heavy atom. The lowest BCUT2D eigenvalue weighted by Crippen LogP contribution is -2.71. The van der Waals surface area contributed by atoms with Crippen molar-refractivity contribution in [3.63, 3.8) is 0 Å². The lowest BCUT2D eigenvalue weighted by atomic mass is 10.0. The highest BCUT2D eigenvalue weighted by atomic mass is 32.2. The van der Waals surface area contributed by atoms with Gasteiger partial charge < -0.3 is 46.0 Å². The van der Waals surface area contributed by atoms with E-state index in [1.54, 1.807) is 0 Å². The average molecular weight is 689 g/mol. The summed E-state index contributed by atoms with van der Waals surface area (Å²) in [5, 5.41) is 48.1. The molecule has 1 fully saturated rings. The van der Waals surface area contributed by atoms with Crippen LogP contribution in [0.15, 0.2) is 49.2 Å². The van der Waals surface area contributed by atoms with Gasteiger partial charge in [0.15, 0.2) is 22.2 Å². The number of carboxylic acid groups (broad SMARTS) is 2. The van der Waals surface area contributed by atoms with Crippen molar-refractivity contribution in [1.82, 2.24) is 20.5 Å². The van der Waals surface area contributed by atoms with E-state index in [9.17, 15) is 49.2 Å². The third-order valence-electron chi connectivity index (χ3n) is 6.96. The number of aromatic hydroxyl groups is 2. The number of aromatic nitrogens is 1. The highest BCUT2D eigenvalue weighted by Gasteiger charge is 2.54. The molecule has 3 amide bonds. The normalized spacial score (nSPS) is 18.0. The quantitative estimate of drug-likeness (QED) is 0.0485. The standard InChI is InChI=1S/C27H24N6O12S2/c1-27(2,25(42)43)45-32-14(12-8-47-26(28)30-12)20(37)31-15-21(38)33-16(23(39)40)10(7-46-22(15)33)6-29-19(36)11-5-9-3-4-13(34)17(35)18(9)44-24(11)41/h3-5,8,15,22,34-35H,6-7H2,1-2H3,(H2,28,30)(H,29,36)(H,31,37)(H,39,40)(H,42,43)/t15?,22-/m0/s1. The average Bonchev–Trinajstić information content (AvgIpc) is 3.45. The lowest BCUT2D eigenvalue weighted by molar-refractivity contribution is -0.161. The zero-order chi connectivity index (χ0) is 34.4. The molecule has 0 saturated carbocycles. The van der Waals surface area contributed by atoms with Crippen molar-refractivity contribution in [2.45, 2.75) is 30.9 Å². The molecule has 1 unspecified atom stereocenters. The molecule has 0 radical (unpaired) electrons. The van der Waals surface area contributed by atoms with Crippen molar-refractivity contribution in [2.24, 2.45) is 5.16 Å². The predicted octanol–water partition coefficient (Wildman–Crippen LogP) is -0.00460. The molecule has 20 heteroatoms. The second kappa shape index (κ2) is 12.3.